The van der Waals surface area contributed by atoms with Gasteiger partial charge in [0, 0.05) is 23.5 Å². The van der Waals surface area contributed by atoms with Crippen LogP contribution in [0.1, 0.15) is 18.4 Å². The van der Waals surface area contributed by atoms with Crippen LogP contribution < -0.4 is 5.32 Å². The molecule has 1 unspecified atom stereocenters. The number of hydrogen-bond acceptors (Lipinski definition) is 4. The third-order valence-electron chi connectivity index (χ3n) is 3.83. The van der Waals surface area contributed by atoms with Crippen molar-refractivity contribution in [1.82, 2.24) is 9.62 Å². The molecule has 0 bridgehead atoms. The standard InChI is InChI=1S/C16H21ClN2O4S.ClH/c17-15-5-1-3-13(9-15)6-8-24(22,23)19-7-2-4-14(12-19)10-18-11-16(20)21;/h1,3,5-6,8-9,14,18H,2,4,7,10-12H2,(H,20,21);1H/b8-6+;. The molecule has 1 aromatic rings. The van der Waals surface area contributed by atoms with Gasteiger partial charge in [-0.2, -0.15) is 4.31 Å². The van der Waals surface area contributed by atoms with Gasteiger partial charge in [-0.15, -0.1) is 12.4 Å². The summed E-state index contributed by atoms with van der Waals surface area (Å²) < 4.78 is 26.4. The topological polar surface area (TPSA) is 86.7 Å². The van der Waals surface area contributed by atoms with Crippen LogP contribution in [0.2, 0.25) is 5.02 Å². The minimum absolute atomic E-state index is 0. The van der Waals surface area contributed by atoms with Crippen LogP contribution >= 0.6 is 24.0 Å². The van der Waals surface area contributed by atoms with Crippen molar-refractivity contribution in [2.75, 3.05) is 26.2 Å². The molecule has 1 fully saturated rings. The molecule has 1 aromatic carbocycles. The maximum atomic E-state index is 12.5. The van der Waals surface area contributed by atoms with E-state index in [1.807, 2.05) is 0 Å². The minimum atomic E-state index is -3.50. The van der Waals surface area contributed by atoms with E-state index in [1.165, 1.54) is 15.8 Å². The quantitative estimate of drug-likeness (QED) is 0.723. The average Bonchev–Trinajstić information content (AvgIpc) is 2.53. The molecule has 2 N–H and O–H groups in total. The van der Waals surface area contributed by atoms with Gasteiger partial charge in [-0.1, -0.05) is 23.7 Å². The van der Waals surface area contributed by atoms with Crippen molar-refractivity contribution >= 4 is 46.1 Å². The van der Waals surface area contributed by atoms with E-state index in [4.69, 9.17) is 16.7 Å². The fraction of sp³-hybridized carbons (Fsp3) is 0.438. The predicted molar refractivity (Wildman–Crippen MR) is 101 cm³/mol. The molecule has 6 nitrogen and oxygen atoms in total. The third kappa shape index (κ3) is 7.33. The SMILES string of the molecule is Cl.O=C(O)CNCC1CCCN(S(=O)(=O)/C=C/c2cccc(Cl)c2)C1. The van der Waals surface area contributed by atoms with Gasteiger partial charge in [-0.05, 0) is 49.1 Å². The number of nitrogens with one attached hydrogen (secondary N) is 1. The summed E-state index contributed by atoms with van der Waals surface area (Å²) in [5.41, 5.74) is 0.725. The zero-order valence-corrected chi connectivity index (χ0v) is 16.0. The molecule has 9 heteroatoms. The van der Waals surface area contributed by atoms with Crippen molar-refractivity contribution in [3.8, 4) is 0 Å². The van der Waals surface area contributed by atoms with E-state index in [-0.39, 0.29) is 24.9 Å². The van der Waals surface area contributed by atoms with Crippen LogP contribution in [0.3, 0.4) is 0 Å². The number of aliphatic carboxylic acids is 1. The molecule has 140 valence electrons. The molecule has 0 spiro atoms. The Labute approximate surface area is 159 Å². The number of piperidine rings is 1. The first-order valence-electron chi connectivity index (χ1n) is 7.73. The van der Waals surface area contributed by atoms with Gasteiger partial charge in [-0.3, -0.25) is 4.79 Å². The van der Waals surface area contributed by atoms with Gasteiger partial charge in [-0.25, -0.2) is 8.42 Å². The number of sulfonamides is 1. The average molecular weight is 409 g/mol. The molecule has 1 aliphatic rings. The first-order chi connectivity index (χ1) is 11.4. The van der Waals surface area contributed by atoms with Gasteiger partial charge in [0.2, 0.25) is 10.0 Å². The van der Waals surface area contributed by atoms with E-state index in [2.05, 4.69) is 5.32 Å². The minimum Gasteiger partial charge on any atom is -0.480 e. The maximum Gasteiger partial charge on any atom is 0.317 e. The van der Waals surface area contributed by atoms with Gasteiger partial charge >= 0.3 is 5.97 Å². The van der Waals surface area contributed by atoms with E-state index >= 15 is 0 Å². The van der Waals surface area contributed by atoms with Crippen molar-refractivity contribution in [2.45, 2.75) is 12.8 Å². The lowest BCUT2D eigenvalue weighted by molar-refractivity contribution is -0.136. The van der Waals surface area contributed by atoms with Gasteiger partial charge in [0.15, 0.2) is 0 Å². The monoisotopic (exact) mass is 408 g/mol. The highest BCUT2D eigenvalue weighted by atomic mass is 35.5. The van der Waals surface area contributed by atoms with Gasteiger partial charge < -0.3 is 10.4 Å². The van der Waals surface area contributed by atoms with Crippen LogP contribution in [-0.2, 0) is 14.8 Å². The molecule has 1 heterocycles. The van der Waals surface area contributed by atoms with Crippen LogP contribution in [0.5, 0.6) is 0 Å². The molecule has 0 saturated carbocycles. The van der Waals surface area contributed by atoms with Crippen LogP contribution in [0.4, 0.5) is 0 Å². The lowest BCUT2D eigenvalue weighted by atomic mass is 10.00. The highest BCUT2D eigenvalue weighted by Gasteiger charge is 2.27. The summed E-state index contributed by atoms with van der Waals surface area (Å²) in [4.78, 5) is 10.5. The largest absolute Gasteiger partial charge is 0.480 e. The molecule has 0 radical (unpaired) electrons. The Kier molecular flexibility index (Phi) is 8.88. The summed E-state index contributed by atoms with van der Waals surface area (Å²) in [6, 6.07) is 6.97. The summed E-state index contributed by atoms with van der Waals surface area (Å²) in [5, 5.41) is 13.2. The number of halogens is 2. The van der Waals surface area contributed by atoms with E-state index < -0.39 is 16.0 Å². The third-order valence-corrected chi connectivity index (χ3v) is 5.60. The molecule has 0 aromatic heterocycles. The van der Waals surface area contributed by atoms with E-state index in [0.717, 1.165) is 18.4 Å². The van der Waals surface area contributed by atoms with Gasteiger partial charge in [0.05, 0.1) is 6.54 Å². The molecule has 25 heavy (non-hydrogen) atoms. The van der Waals surface area contributed by atoms with Crippen molar-refractivity contribution in [1.29, 1.82) is 0 Å². The van der Waals surface area contributed by atoms with Crippen LogP contribution in [-0.4, -0.2) is 50.0 Å². The fourth-order valence-corrected chi connectivity index (χ4v) is 4.17. The second-order valence-corrected chi connectivity index (χ2v) is 8.05. The van der Waals surface area contributed by atoms with Crippen LogP contribution in [0.25, 0.3) is 6.08 Å². The van der Waals surface area contributed by atoms with E-state index in [1.54, 1.807) is 24.3 Å². The summed E-state index contributed by atoms with van der Waals surface area (Å²) in [5.74, 6) is -0.799. The van der Waals surface area contributed by atoms with Crippen molar-refractivity contribution < 1.29 is 18.3 Å². The lowest BCUT2D eigenvalue weighted by Gasteiger charge is -2.31. The Bertz CT molecular complexity index is 710. The molecule has 1 aliphatic heterocycles. The Morgan fingerprint density at radius 3 is 2.88 bits per heavy atom. The number of carbonyl (C=O) groups is 1. The Morgan fingerprint density at radius 1 is 1.44 bits per heavy atom. The zero-order chi connectivity index (χ0) is 17.6. The molecule has 0 aliphatic carbocycles. The highest BCUT2D eigenvalue weighted by Crippen LogP contribution is 2.20. The number of carboxylic acids is 1. The first kappa shape index (κ1) is 21.9. The number of carboxylic acid groups (broad SMARTS) is 1. The second-order valence-electron chi connectivity index (χ2n) is 5.79. The molecular weight excluding hydrogens is 387 g/mol. The van der Waals surface area contributed by atoms with Crippen molar-refractivity contribution in [3.63, 3.8) is 0 Å². The Hall–Kier alpha value is -1.12. The normalized spacial score (nSPS) is 18.8. The summed E-state index contributed by atoms with van der Waals surface area (Å²) >= 11 is 5.89. The summed E-state index contributed by atoms with van der Waals surface area (Å²) in [6.07, 6.45) is 3.19. The molecule has 0 amide bonds. The van der Waals surface area contributed by atoms with Crippen molar-refractivity contribution in [3.05, 3.63) is 40.3 Å². The van der Waals surface area contributed by atoms with Gasteiger partial charge in [0.1, 0.15) is 0 Å². The lowest BCUT2D eigenvalue weighted by Crippen LogP contribution is -2.42. The van der Waals surface area contributed by atoms with Crippen LogP contribution in [0.15, 0.2) is 29.7 Å². The molecule has 1 atom stereocenters. The summed E-state index contributed by atoms with van der Waals surface area (Å²) in [6.45, 7) is 1.26. The summed E-state index contributed by atoms with van der Waals surface area (Å²) in [7, 11) is -3.50. The molecular formula is C16H22Cl2N2O4S. The number of nitrogens with zero attached hydrogens (tertiary/aromatic N) is 1. The number of rotatable bonds is 7. The fourth-order valence-electron chi connectivity index (χ4n) is 2.67. The molecule has 2 rings (SSSR count). The number of hydrogen-bond donors (Lipinski definition) is 2. The van der Waals surface area contributed by atoms with E-state index in [0.29, 0.717) is 24.7 Å². The zero-order valence-electron chi connectivity index (χ0n) is 13.6. The number of benzene rings is 1. The predicted octanol–water partition coefficient (Wildman–Crippen LogP) is 2.45. The van der Waals surface area contributed by atoms with Crippen LogP contribution in [0, 0.1) is 5.92 Å². The maximum absolute atomic E-state index is 12.5. The molecule has 1 saturated heterocycles. The smallest absolute Gasteiger partial charge is 0.317 e. The van der Waals surface area contributed by atoms with Crippen molar-refractivity contribution in [2.24, 2.45) is 5.92 Å². The highest BCUT2D eigenvalue weighted by molar-refractivity contribution is 7.92. The van der Waals surface area contributed by atoms with Gasteiger partial charge in [0.25, 0.3) is 0 Å². The second kappa shape index (κ2) is 10.1. The van der Waals surface area contributed by atoms with E-state index in [9.17, 15) is 13.2 Å². The Morgan fingerprint density at radius 2 is 2.20 bits per heavy atom. The first-order valence-corrected chi connectivity index (χ1v) is 9.61. The Balaban J connectivity index is 0.00000312.